The van der Waals surface area contributed by atoms with E-state index in [2.05, 4.69) is 15.3 Å². The van der Waals surface area contributed by atoms with Gasteiger partial charge in [-0.05, 0) is 6.42 Å². The molecular weight excluding hydrogens is 192 g/mol. The van der Waals surface area contributed by atoms with Gasteiger partial charge in [0, 0.05) is 24.9 Å². The van der Waals surface area contributed by atoms with Crippen molar-refractivity contribution < 1.29 is 4.79 Å². The Morgan fingerprint density at radius 1 is 1.73 bits per heavy atom. The fraction of sp³-hybridized carbons (Fsp3) is 0.600. The smallest absolute Gasteiger partial charge is 0.236 e. The maximum absolute atomic E-state index is 11.4. The first-order valence-corrected chi connectivity index (χ1v) is 5.24. The van der Waals surface area contributed by atoms with Crippen molar-refractivity contribution in [3.05, 3.63) is 18.2 Å². The molecule has 1 aromatic heterocycles. The van der Waals surface area contributed by atoms with Gasteiger partial charge in [-0.1, -0.05) is 13.3 Å². The molecule has 1 aromatic rings. The second-order valence-electron chi connectivity index (χ2n) is 3.51. The minimum atomic E-state index is -0.378. The van der Waals surface area contributed by atoms with Crippen molar-refractivity contribution in [2.75, 3.05) is 6.54 Å². The molecule has 0 saturated heterocycles. The Kier molecular flexibility index (Phi) is 4.83. The number of imidazole rings is 1. The fourth-order valence-corrected chi connectivity index (χ4v) is 1.31. The normalized spacial score (nSPS) is 12.4. The van der Waals surface area contributed by atoms with E-state index >= 15 is 0 Å². The number of nitrogens with two attached hydrogens (primary N) is 1. The van der Waals surface area contributed by atoms with E-state index in [0.29, 0.717) is 6.54 Å². The third-order valence-corrected chi connectivity index (χ3v) is 2.18. The summed E-state index contributed by atoms with van der Waals surface area (Å²) in [5.74, 6) is -0.0728. The predicted molar refractivity (Wildman–Crippen MR) is 58.2 cm³/mol. The highest BCUT2D eigenvalue weighted by Gasteiger charge is 2.10. The van der Waals surface area contributed by atoms with E-state index in [1.807, 2.05) is 6.92 Å². The quantitative estimate of drug-likeness (QED) is 0.627. The number of aromatic amines is 1. The molecule has 0 bridgehead atoms. The lowest BCUT2D eigenvalue weighted by Crippen LogP contribution is -2.41. The number of carbonyl (C=O) groups excluding carboxylic acids is 1. The molecule has 5 heteroatoms. The number of nitrogens with one attached hydrogen (secondary N) is 2. The van der Waals surface area contributed by atoms with E-state index in [1.165, 1.54) is 0 Å². The van der Waals surface area contributed by atoms with Crippen LogP contribution in [0.3, 0.4) is 0 Å². The molecule has 1 rings (SSSR count). The molecule has 0 aromatic carbocycles. The summed E-state index contributed by atoms with van der Waals surface area (Å²) in [6.07, 6.45) is 5.79. The van der Waals surface area contributed by atoms with Crippen LogP contribution in [0, 0.1) is 0 Å². The molecule has 1 heterocycles. The molecule has 0 unspecified atom stereocenters. The SMILES string of the molecule is CCC[C@H](N)C(=O)NCCc1cnc[nH]1. The Labute approximate surface area is 89.5 Å². The van der Waals surface area contributed by atoms with Gasteiger partial charge in [0.15, 0.2) is 0 Å². The Bertz CT molecular complexity index is 284. The summed E-state index contributed by atoms with van der Waals surface area (Å²) >= 11 is 0. The van der Waals surface area contributed by atoms with Crippen LogP contribution >= 0.6 is 0 Å². The molecule has 0 radical (unpaired) electrons. The number of aromatic nitrogens is 2. The van der Waals surface area contributed by atoms with Gasteiger partial charge in [0.1, 0.15) is 0 Å². The topological polar surface area (TPSA) is 83.8 Å². The Morgan fingerprint density at radius 3 is 3.13 bits per heavy atom. The average Bonchev–Trinajstić information content (AvgIpc) is 2.71. The van der Waals surface area contributed by atoms with Crippen LogP contribution in [0.4, 0.5) is 0 Å². The van der Waals surface area contributed by atoms with Crippen LogP contribution in [0.1, 0.15) is 25.5 Å². The van der Waals surface area contributed by atoms with Crippen LogP contribution < -0.4 is 11.1 Å². The highest BCUT2D eigenvalue weighted by atomic mass is 16.2. The van der Waals surface area contributed by atoms with Gasteiger partial charge >= 0.3 is 0 Å². The maximum Gasteiger partial charge on any atom is 0.236 e. The van der Waals surface area contributed by atoms with Gasteiger partial charge in [-0.25, -0.2) is 4.98 Å². The summed E-state index contributed by atoms with van der Waals surface area (Å²) in [4.78, 5) is 18.3. The maximum atomic E-state index is 11.4. The molecule has 84 valence electrons. The standard InChI is InChI=1S/C10H18N4O/c1-2-3-9(11)10(15)13-5-4-8-6-12-7-14-8/h6-7,9H,2-5,11H2,1H3,(H,12,14)(H,13,15)/t9-/m0/s1. The lowest BCUT2D eigenvalue weighted by molar-refractivity contribution is -0.122. The first-order valence-electron chi connectivity index (χ1n) is 5.24. The molecule has 0 spiro atoms. The van der Waals surface area contributed by atoms with Crippen LogP contribution in [0.25, 0.3) is 0 Å². The molecule has 0 fully saturated rings. The molecule has 1 atom stereocenters. The summed E-state index contributed by atoms with van der Waals surface area (Å²) in [6.45, 7) is 2.61. The van der Waals surface area contributed by atoms with E-state index in [4.69, 9.17) is 5.73 Å². The van der Waals surface area contributed by atoms with Crippen LogP contribution in [0.5, 0.6) is 0 Å². The van der Waals surface area contributed by atoms with E-state index in [1.54, 1.807) is 12.5 Å². The zero-order chi connectivity index (χ0) is 11.1. The monoisotopic (exact) mass is 210 g/mol. The zero-order valence-electron chi connectivity index (χ0n) is 8.99. The van der Waals surface area contributed by atoms with Crippen LogP contribution in [0.15, 0.2) is 12.5 Å². The average molecular weight is 210 g/mol. The van der Waals surface area contributed by atoms with Crippen molar-refractivity contribution in [2.45, 2.75) is 32.2 Å². The number of rotatable bonds is 6. The minimum Gasteiger partial charge on any atom is -0.354 e. The molecule has 1 amide bonds. The summed E-state index contributed by atoms with van der Waals surface area (Å²) < 4.78 is 0. The van der Waals surface area contributed by atoms with Gasteiger partial charge in [0.2, 0.25) is 5.91 Å². The van der Waals surface area contributed by atoms with E-state index < -0.39 is 0 Å². The van der Waals surface area contributed by atoms with Gasteiger partial charge < -0.3 is 16.0 Å². The Hall–Kier alpha value is -1.36. The zero-order valence-corrected chi connectivity index (χ0v) is 8.99. The summed E-state index contributed by atoms with van der Waals surface area (Å²) in [7, 11) is 0. The molecule has 0 saturated carbocycles. The first-order chi connectivity index (χ1) is 7.24. The number of carbonyl (C=O) groups is 1. The van der Waals surface area contributed by atoms with Gasteiger partial charge in [-0.15, -0.1) is 0 Å². The molecule has 0 aliphatic heterocycles. The van der Waals surface area contributed by atoms with Crippen molar-refractivity contribution in [3.63, 3.8) is 0 Å². The van der Waals surface area contributed by atoms with Crippen molar-refractivity contribution >= 4 is 5.91 Å². The van der Waals surface area contributed by atoms with Gasteiger partial charge in [-0.2, -0.15) is 0 Å². The highest BCUT2D eigenvalue weighted by molar-refractivity contribution is 5.81. The van der Waals surface area contributed by atoms with Crippen LogP contribution in [-0.4, -0.2) is 28.5 Å². The summed E-state index contributed by atoms with van der Waals surface area (Å²) in [5, 5.41) is 2.79. The summed E-state index contributed by atoms with van der Waals surface area (Å²) in [5.41, 5.74) is 6.67. The van der Waals surface area contributed by atoms with Crippen LogP contribution in [0.2, 0.25) is 0 Å². The van der Waals surface area contributed by atoms with E-state index in [-0.39, 0.29) is 11.9 Å². The lowest BCUT2D eigenvalue weighted by atomic mass is 10.1. The van der Waals surface area contributed by atoms with Crippen LogP contribution in [-0.2, 0) is 11.2 Å². The Balaban J connectivity index is 2.17. The second-order valence-corrected chi connectivity index (χ2v) is 3.51. The molecule has 4 N–H and O–H groups in total. The minimum absolute atomic E-state index is 0.0728. The third-order valence-electron chi connectivity index (χ3n) is 2.18. The number of nitrogens with zero attached hydrogens (tertiary/aromatic N) is 1. The largest absolute Gasteiger partial charge is 0.354 e. The predicted octanol–water partition coefficient (Wildman–Crippen LogP) is 0.196. The highest BCUT2D eigenvalue weighted by Crippen LogP contribution is 1.94. The van der Waals surface area contributed by atoms with Crippen molar-refractivity contribution in [3.8, 4) is 0 Å². The molecular formula is C10H18N4O. The van der Waals surface area contributed by atoms with E-state index in [0.717, 1.165) is 25.0 Å². The number of H-pyrrole nitrogens is 1. The molecule has 0 aliphatic rings. The fourth-order valence-electron chi connectivity index (χ4n) is 1.31. The summed E-state index contributed by atoms with van der Waals surface area (Å²) in [6, 6.07) is -0.378. The Morgan fingerprint density at radius 2 is 2.53 bits per heavy atom. The van der Waals surface area contributed by atoms with Gasteiger partial charge in [0.25, 0.3) is 0 Å². The van der Waals surface area contributed by atoms with Crippen molar-refractivity contribution in [2.24, 2.45) is 5.73 Å². The lowest BCUT2D eigenvalue weighted by Gasteiger charge is -2.10. The number of hydrogen-bond donors (Lipinski definition) is 3. The molecule has 15 heavy (non-hydrogen) atoms. The molecule has 0 aliphatic carbocycles. The molecule has 5 nitrogen and oxygen atoms in total. The van der Waals surface area contributed by atoms with Gasteiger partial charge in [-0.3, -0.25) is 4.79 Å². The van der Waals surface area contributed by atoms with Gasteiger partial charge in [0.05, 0.1) is 12.4 Å². The third kappa shape index (κ3) is 4.12. The van der Waals surface area contributed by atoms with E-state index in [9.17, 15) is 4.79 Å². The van der Waals surface area contributed by atoms with Crippen molar-refractivity contribution in [1.82, 2.24) is 15.3 Å². The number of amides is 1. The number of hydrogen-bond acceptors (Lipinski definition) is 3. The first kappa shape index (κ1) is 11.7. The van der Waals surface area contributed by atoms with Crippen molar-refractivity contribution in [1.29, 1.82) is 0 Å². The second kappa shape index (κ2) is 6.19.